The molecule has 3 aromatic carbocycles. The Hall–Kier alpha value is -4.40. The second kappa shape index (κ2) is 12.7. The molecule has 2 aliphatic rings. The van der Waals surface area contributed by atoms with Crippen molar-refractivity contribution in [2.45, 2.75) is 56.5 Å². The standard InChI is InChI=1S/C32H32ClN5O5S/c1-20-16-29(21(2)15-24(20)33)44(42,43)38-27-8-4-3-7-25(27)36-31(40)28(38)18-30(39)35-26(32(41)37-13-5-6-14-37)17-22-9-11-23(19-34)12-10-22/h3-4,7-12,15-16,26,28H,5-6,13-14,17-18H2,1-2H3,(H,35,39)(H,36,40)/t26-,28?/m0/s1. The van der Waals surface area contributed by atoms with Crippen LogP contribution in [0.3, 0.4) is 0 Å². The summed E-state index contributed by atoms with van der Waals surface area (Å²) in [5, 5.41) is 15.1. The van der Waals surface area contributed by atoms with Gasteiger partial charge in [-0.25, -0.2) is 8.42 Å². The molecule has 12 heteroatoms. The number of rotatable bonds is 8. The van der Waals surface area contributed by atoms with Gasteiger partial charge in [-0.05, 0) is 79.8 Å². The van der Waals surface area contributed by atoms with Crippen LogP contribution in [-0.2, 0) is 30.8 Å². The SMILES string of the molecule is Cc1cc(S(=O)(=O)N2c3ccccc3NC(=O)C2CC(=O)N[C@@H](Cc2ccc(C#N)cc2)C(=O)N2CCCC2)c(C)cc1Cl. The van der Waals surface area contributed by atoms with Crippen LogP contribution < -0.4 is 14.9 Å². The number of fused-ring (bicyclic) bond motifs is 1. The number of amides is 3. The van der Waals surface area contributed by atoms with Crippen LogP contribution in [0.4, 0.5) is 11.4 Å². The van der Waals surface area contributed by atoms with Gasteiger partial charge in [-0.15, -0.1) is 0 Å². The first-order chi connectivity index (χ1) is 21.0. The minimum absolute atomic E-state index is 0.0304. The van der Waals surface area contributed by atoms with Gasteiger partial charge in [0.2, 0.25) is 17.7 Å². The zero-order valence-corrected chi connectivity index (χ0v) is 25.9. The lowest BCUT2D eigenvalue weighted by atomic mass is 10.0. The van der Waals surface area contributed by atoms with Crippen LogP contribution in [0, 0.1) is 25.2 Å². The number of hydrogen-bond donors (Lipinski definition) is 2. The predicted molar refractivity (Wildman–Crippen MR) is 167 cm³/mol. The fourth-order valence-corrected chi connectivity index (χ4v) is 7.76. The Kier molecular flexibility index (Phi) is 8.95. The Morgan fingerprint density at radius 3 is 2.43 bits per heavy atom. The van der Waals surface area contributed by atoms with E-state index in [4.69, 9.17) is 16.9 Å². The molecule has 1 fully saturated rings. The van der Waals surface area contributed by atoms with Gasteiger partial charge in [-0.2, -0.15) is 5.26 Å². The third-order valence-electron chi connectivity index (χ3n) is 7.93. The Morgan fingerprint density at radius 2 is 1.75 bits per heavy atom. The highest BCUT2D eigenvalue weighted by atomic mass is 35.5. The van der Waals surface area contributed by atoms with Crippen molar-refractivity contribution >= 4 is 50.7 Å². The summed E-state index contributed by atoms with van der Waals surface area (Å²) < 4.78 is 29.5. The summed E-state index contributed by atoms with van der Waals surface area (Å²) in [6.45, 7) is 4.46. The normalized spacial score (nSPS) is 17.0. The molecule has 0 radical (unpaired) electrons. The number of hydrogen-bond acceptors (Lipinski definition) is 6. The summed E-state index contributed by atoms with van der Waals surface area (Å²) in [4.78, 5) is 42.2. The van der Waals surface area contributed by atoms with E-state index < -0.39 is 40.3 Å². The first-order valence-corrected chi connectivity index (χ1v) is 16.1. The highest BCUT2D eigenvalue weighted by molar-refractivity contribution is 7.93. The van der Waals surface area contributed by atoms with E-state index in [-0.39, 0.29) is 22.9 Å². The minimum atomic E-state index is -4.35. The molecule has 10 nitrogen and oxygen atoms in total. The van der Waals surface area contributed by atoms with Gasteiger partial charge in [0.15, 0.2) is 0 Å². The molecule has 0 aliphatic carbocycles. The van der Waals surface area contributed by atoms with Crippen LogP contribution in [0.5, 0.6) is 0 Å². The average Bonchev–Trinajstić information content (AvgIpc) is 3.54. The van der Waals surface area contributed by atoms with E-state index >= 15 is 0 Å². The monoisotopic (exact) mass is 633 g/mol. The van der Waals surface area contributed by atoms with Crippen LogP contribution in [0.25, 0.3) is 0 Å². The molecule has 1 saturated heterocycles. The minimum Gasteiger partial charge on any atom is -0.344 e. The van der Waals surface area contributed by atoms with E-state index in [1.165, 1.54) is 6.07 Å². The summed E-state index contributed by atoms with van der Waals surface area (Å²) in [6.07, 6.45) is 1.36. The van der Waals surface area contributed by atoms with Gasteiger partial charge in [-0.1, -0.05) is 35.9 Å². The van der Waals surface area contributed by atoms with E-state index in [9.17, 15) is 22.8 Å². The number of carbonyl (C=O) groups is 3. The van der Waals surface area contributed by atoms with Crippen molar-refractivity contribution in [1.82, 2.24) is 10.2 Å². The first kappa shape index (κ1) is 31.0. The van der Waals surface area contributed by atoms with Crippen LogP contribution in [0.2, 0.25) is 5.02 Å². The highest BCUT2D eigenvalue weighted by Gasteiger charge is 2.43. The summed E-state index contributed by atoms with van der Waals surface area (Å²) >= 11 is 6.25. The maximum Gasteiger partial charge on any atom is 0.265 e. The molecule has 3 aromatic rings. The topological polar surface area (TPSA) is 140 Å². The summed E-state index contributed by atoms with van der Waals surface area (Å²) in [7, 11) is -4.35. The molecule has 0 saturated carbocycles. The molecule has 0 aromatic heterocycles. The molecule has 2 heterocycles. The Labute approximate surface area is 261 Å². The van der Waals surface area contributed by atoms with Crippen molar-refractivity contribution in [3.05, 3.63) is 87.9 Å². The number of nitriles is 1. The molecule has 3 amide bonds. The van der Waals surface area contributed by atoms with Crippen molar-refractivity contribution in [2.75, 3.05) is 22.7 Å². The second-order valence-electron chi connectivity index (χ2n) is 11.1. The van der Waals surface area contributed by atoms with E-state index in [0.717, 1.165) is 22.7 Å². The van der Waals surface area contributed by atoms with Gasteiger partial charge in [-0.3, -0.25) is 18.7 Å². The quantitative estimate of drug-likeness (QED) is 0.383. The fourth-order valence-electron chi connectivity index (χ4n) is 5.61. The number of aryl methyl sites for hydroxylation is 2. The van der Waals surface area contributed by atoms with E-state index in [1.54, 1.807) is 73.3 Å². The van der Waals surface area contributed by atoms with Gasteiger partial charge in [0.25, 0.3) is 10.0 Å². The van der Waals surface area contributed by atoms with Gasteiger partial charge in [0.05, 0.1) is 34.3 Å². The van der Waals surface area contributed by atoms with Crippen LogP contribution in [0.1, 0.15) is 41.5 Å². The third-order valence-corrected chi connectivity index (χ3v) is 10.3. The number of benzene rings is 3. The number of likely N-dealkylation sites (tertiary alicyclic amines) is 1. The van der Waals surface area contributed by atoms with Crippen molar-refractivity contribution in [2.24, 2.45) is 0 Å². The molecular formula is C32H32ClN5O5S. The number of sulfonamides is 1. The summed E-state index contributed by atoms with van der Waals surface area (Å²) in [6, 6.07) is 15.9. The first-order valence-electron chi connectivity index (χ1n) is 14.3. The predicted octanol–water partition coefficient (Wildman–Crippen LogP) is 4.08. The van der Waals surface area contributed by atoms with Crippen molar-refractivity contribution in [1.29, 1.82) is 5.26 Å². The number of nitrogens with zero attached hydrogens (tertiary/aromatic N) is 3. The van der Waals surface area contributed by atoms with E-state index in [2.05, 4.69) is 16.7 Å². The molecule has 0 bridgehead atoms. The molecule has 228 valence electrons. The molecule has 2 N–H and O–H groups in total. The lowest BCUT2D eigenvalue weighted by molar-refractivity contribution is -0.135. The van der Waals surface area contributed by atoms with Crippen molar-refractivity contribution in [3.63, 3.8) is 0 Å². The Bertz CT molecular complexity index is 1760. The van der Waals surface area contributed by atoms with Gasteiger partial charge in [0, 0.05) is 24.5 Å². The summed E-state index contributed by atoms with van der Waals surface area (Å²) in [5.41, 5.74) is 2.67. The molecule has 44 heavy (non-hydrogen) atoms. The number of anilines is 2. The van der Waals surface area contributed by atoms with Gasteiger partial charge in [0.1, 0.15) is 12.1 Å². The maximum absolute atomic E-state index is 14.3. The molecule has 1 unspecified atom stereocenters. The maximum atomic E-state index is 14.3. The van der Waals surface area contributed by atoms with E-state index in [1.807, 2.05) is 0 Å². The second-order valence-corrected chi connectivity index (χ2v) is 13.2. The lowest BCUT2D eigenvalue weighted by Gasteiger charge is -2.37. The lowest BCUT2D eigenvalue weighted by Crippen LogP contribution is -2.55. The molecular weight excluding hydrogens is 602 g/mol. The third kappa shape index (κ3) is 6.27. The summed E-state index contributed by atoms with van der Waals surface area (Å²) in [5.74, 6) is -1.57. The number of nitrogens with one attached hydrogen (secondary N) is 2. The smallest absolute Gasteiger partial charge is 0.265 e. The fraction of sp³-hybridized carbons (Fsp3) is 0.312. The molecule has 2 aliphatic heterocycles. The van der Waals surface area contributed by atoms with Crippen LogP contribution >= 0.6 is 11.6 Å². The van der Waals surface area contributed by atoms with E-state index in [0.29, 0.717) is 40.5 Å². The zero-order chi connectivity index (χ0) is 31.6. The van der Waals surface area contributed by atoms with Crippen LogP contribution in [0.15, 0.2) is 65.6 Å². The molecule has 5 rings (SSSR count). The van der Waals surface area contributed by atoms with Crippen molar-refractivity contribution in [3.8, 4) is 6.07 Å². The zero-order valence-electron chi connectivity index (χ0n) is 24.3. The number of carbonyl (C=O) groups excluding carboxylic acids is 3. The van der Waals surface area contributed by atoms with Crippen molar-refractivity contribution < 1.29 is 22.8 Å². The Morgan fingerprint density at radius 1 is 1.07 bits per heavy atom. The highest BCUT2D eigenvalue weighted by Crippen LogP contribution is 2.38. The number of para-hydroxylation sites is 2. The molecule has 2 atom stereocenters. The largest absolute Gasteiger partial charge is 0.344 e. The van der Waals surface area contributed by atoms with Gasteiger partial charge >= 0.3 is 0 Å². The number of halogens is 1. The average molecular weight is 634 g/mol. The van der Waals surface area contributed by atoms with Crippen LogP contribution in [-0.4, -0.2) is 56.2 Å². The molecule has 0 spiro atoms. The van der Waals surface area contributed by atoms with Gasteiger partial charge < -0.3 is 15.5 Å². The Balaban J connectivity index is 1.47.